The van der Waals surface area contributed by atoms with Crippen molar-refractivity contribution in [2.75, 3.05) is 0 Å². The van der Waals surface area contributed by atoms with E-state index in [0.717, 1.165) is 17.1 Å². The Hall–Kier alpha value is -0.107. The summed E-state index contributed by atoms with van der Waals surface area (Å²) in [4.78, 5) is 0. The van der Waals surface area contributed by atoms with Gasteiger partial charge < -0.3 is 0 Å². The maximum atomic E-state index is 5.94. The van der Waals surface area contributed by atoms with Gasteiger partial charge in [0, 0.05) is 0 Å². The number of hydrogen-bond donors (Lipinski definition) is 0. The molecule has 0 N–H and O–H groups in total. The van der Waals surface area contributed by atoms with Crippen LogP contribution < -0.4 is 9.47 Å². The molecule has 1 rings (SSSR count). The molecule has 0 saturated carbocycles. The van der Waals surface area contributed by atoms with Crippen LogP contribution in [-0.2, 0) is 13.5 Å². The van der Waals surface area contributed by atoms with E-state index < -0.39 is 13.5 Å². The molecule has 1 aromatic carbocycles. The average Bonchev–Trinajstić information content (AvgIpc) is 2.19. The van der Waals surface area contributed by atoms with Crippen LogP contribution in [0.5, 0.6) is 11.5 Å². The molecule has 0 unspecified atom stereocenters. The normalized spacial score (nSPS) is 11.7. The average molecular weight is 378 g/mol. The fraction of sp³-hybridized carbons (Fsp3) is 0.462. The molecule has 18 heavy (non-hydrogen) atoms. The van der Waals surface area contributed by atoms with Crippen molar-refractivity contribution in [2.24, 2.45) is 0 Å². The molecule has 0 radical (unpaired) electrons. The zero-order valence-electron chi connectivity index (χ0n) is 10.9. The van der Waals surface area contributed by atoms with Gasteiger partial charge in [-0.15, -0.1) is 0 Å². The van der Waals surface area contributed by atoms with Crippen molar-refractivity contribution in [3.63, 3.8) is 0 Å². The van der Waals surface area contributed by atoms with Crippen LogP contribution in [0.4, 0.5) is 0 Å². The molecule has 0 spiro atoms. The molecular formula is C13H18Cl2O2Ru. The van der Waals surface area contributed by atoms with Crippen molar-refractivity contribution in [3.05, 3.63) is 23.8 Å². The third kappa shape index (κ3) is 5.69. The monoisotopic (exact) mass is 378 g/mol. The molecule has 0 saturated heterocycles. The van der Waals surface area contributed by atoms with Crippen LogP contribution in [-0.4, -0.2) is 16.8 Å². The number of hydrogen-bond acceptors (Lipinski definition) is 2. The maximum absolute atomic E-state index is 5.94. The predicted octanol–water partition coefficient (Wildman–Crippen LogP) is 4.34. The van der Waals surface area contributed by atoms with E-state index in [4.69, 9.17) is 28.9 Å². The standard InChI is InChI=1S/C13H18O2.2ClH.Ru/c1-9(2)14-12-6-7-13(11(5)8-12)15-10(3)4;;;/h5-10H,1-4H3;2*1H;/q;;;+2/p-2. The van der Waals surface area contributed by atoms with Gasteiger partial charge in [0.1, 0.15) is 0 Å². The summed E-state index contributed by atoms with van der Waals surface area (Å²) in [6.45, 7) is 7.95. The van der Waals surface area contributed by atoms with Gasteiger partial charge >= 0.3 is 122 Å². The van der Waals surface area contributed by atoms with Crippen LogP contribution in [0.15, 0.2) is 18.2 Å². The SMILES string of the molecule is CC(C)Oc1ccc(OC(C)C)c([CH]=[Ru]([Cl])[Cl])c1. The molecule has 0 bridgehead atoms. The van der Waals surface area contributed by atoms with Gasteiger partial charge in [0.25, 0.3) is 0 Å². The van der Waals surface area contributed by atoms with Gasteiger partial charge in [-0.1, -0.05) is 0 Å². The van der Waals surface area contributed by atoms with Crippen molar-refractivity contribution in [2.45, 2.75) is 39.9 Å². The number of ether oxygens (including phenoxy) is 2. The third-order valence-corrected chi connectivity index (χ3v) is 3.74. The van der Waals surface area contributed by atoms with Crippen LogP contribution in [0.25, 0.3) is 0 Å². The van der Waals surface area contributed by atoms with E-state index in [9.17, 15) is 0 Å². The van der Waals surface area contributed by atoms with Crippen molar-refractivity contribution in [1.82, 2.24) is 0 Å². The zero-order valence-corrected chi connectivity index (χ0v) is 14.1. The minimum absolute atomic E-state index is 0.111. The summed E-state index contributed by atoms with van der Waals surface area (Å²) >= 11 is -1.88. The first-order chi connectivity index (χ1) is 8.38. The molecular weight excluding hydrogens is 360 g/mol. The Labute approximate surface area is 122 Å². The van der Waals surface area contributed by atoms with Gasteiger partial charge in [-0.3, -0.25) is 0 Å². The van der Waals surface area contributed by atoms with Gasteiger partial charge in [-0.25, -0.2) is 0 Å². The van der Waals surface area contributed by atoms with Crippen LogP contribution in [0.1, 0.15) is 33.3 Å². The van der Waals surface area contributed by atoms with Crippen molar-refractivity contribution < 1.29 is 23.0 Å². The third-order valence-electron chi connectivity index (χ3n) is 1.90. The predicted molar refractivity (Wildman–Crippen MR) is 74.8 cm³/mol. The van der Waals surface area contributed by atoms with E-state index in [1.807, 2.05) is 50.5 Å². The Balaban J connectivity index is 3.08. The number of halogens is 2. The van der Waals surface area contributed by atoms with Crippen LogP contribution in [0.3, 0.4) is 0 Å². The zero-order chi connectivity index (χ0) is 13.7. The molecule has 0 aliphatic heterocycles. The Morgan fingerprint density at radius 3 is 2.17 bits per heavy atom. The summed E-state index contributed by atoms with van der Waals surface area (Å²) in [6, 6.07) is 5.72. The molecule has 0 fully saturated rings. The van der Waals surface area contributed by atoms with E-state index >= 15 is 0 Å². The molecule has 104 valence electrons. The van der Waals surface area contributed by atoms with E-state index in [2.05, 4.69) is 0 Å². The Bertz CT molecular complexity index is 427. The molecule has 0 atom stereocenters. The summed E-state index contributed by atoms with van der Waals surface area (Å²) in [5.74, 6) is 1.59. The fourth-order valence-corrected chi connectivity index (χ4v) is 3.18. The van der Waals surface area contributed by atoms with E-state index in [-0.39, 0.29) is 12.2 Å². The molecule has 0 aliphatic rings. The summed E-state index contributed by atoms with van der Waals surface area (Å²) in [5, 5.41) is 0. The van der Waals surface area contributed by atoms with Crippen molar-refractivity contribution in [1.29, 1.82) is 0 Å². The molecule has 2 nitrogen and oxygen atoms in total. The van der Waals surface area contributed by atoms with Gasteiger partial charge in [-0.2, -0.15) is 0 Å². The van der Waals surface area contributed by atoms with Crippen LogP contribution >= 0.6 is 19.4 Å². The Morgan fingerprint density at radius 2 is 1.67 bits per heavy atom. The molecule has 0 heterocycles. The van der Waals surface area contributed by atoms with Crippen LogP contribution in [0, 0.1) is 0 Å². The minimum atomic E-state index is -1.88. The number of rotatable bonds is 5. The summed E-state index contributed by atoms with van der Waals surface area (Å²) < 4.78 is 13.2. The second kappa shape index (κ2) is 7.47. The van der Waals surface area contributed by atoms with E-state index in [0.29, 0.717) is 0 Å². The first kappa shape index (κ1) is 15.9. The first-order valence-corrected chi connectivity index (χ1v) is 11.2. The molecule has 1 aromatic rings. The van der Waals surface area contributed by atoms with Gasteiger partial charge in [0.2, 0.25) is 0 Å². The number of benzene rings is 1. The van der Waals surface area contributed by atoms with Gasteiger partial charge in [0.15, 0.2) is 0 Å². The molecule has 0 aromatic heterocycles. The summed E-state index contributed by atoms with van der Waals surface area (Å²) in [7, 11) is 11.9. The quantitative estimate of drug-likeness (QED) is 0.710. The van der Waals surface area contributed by atoms with Crippen molar-refractivity contribution in [3.8, 4) is 11.5 Å². The first-order valence-electron chi connectivity index (χ1n) is 5.69. The fourth-order valence-electron chi connectivity index (χ4n) is 1.40. The second-order valence-electron chi connectivity index (χ2n) is 4.34. The second-order valence-corrected chi connectivity index (χ2v) is 10.1. The Kier molecular flexibility index (Phi) is 6.62. The van der Waals surface area contributed by atoms with E-state index in [1.165, 1.54) is 0 Å². The van der Waals surface area contributed by atoms with E-state index in [1.54, 1.807) is 0 Å². The van der Waals surface area contributed by atoms with Gasteiger partial charge in [0.05, 0.1) is 0 Å². The summed E-state index contributed by atoms with van der Waals surface area (Å²) in [5.41, 5.74) is 0.908. The summed E-state index contributed by atoms with van der Waals surface area (Å²) in [6.07, 6.45) is 0.246. The van der Waals surface area contributed by atoms with Gasteiger partial charge in [-0.05, 0) is 0 Å². The molecule has 0 aliphatic carbocycles. The topological polar surface area (TPSA) is 18.5 Å². The van der Waals surface area contributed by atoms with Crippen LogP contribution in [0.2, 0.25) is 0 Å². The van der Waals surface area contributed by atoms with Crippen molar-refractivity contribution >= 4 is 24.0 Å². The molecule has 5 heteroatoms. The molecule has 0 amide bonds. The Morgan fingerprint density at radius 1 is 1.06 bits per heavy atom.